The summed E-state index contributed by atoms with van der Waals surface area (Å²) in [6, 6.07) is 5.25. The number of thioether (sulfide) groups is 1. The number of aromatic nitrogens is 4. The van der Waals surface area contributed by atoms with Crippen LogP contribution in [0.5, 0.6) is 0 Å². The number of nitrogens with one attached hydrogen (secondary N) is 1. The Morgan fingerprint density at radius 3 is 2.86 bits per heavy atom. The maximum Gasteiger partial charge on any atom is 0.236 e. The molecule has 0 aliphatic heterocycles. The lowest BCUT2D eigenvalue weighted by Crippen LogP contribution is -2.14. The van der Waals surface area contributed by atoms with Crippen LogP contribution in [0.4, 0.5) is 5.13 Å². The van der Waals surface area contributed by atoms with E-state index >= 15 is 0 Å². The zero-order chi connectivity index (χ0) is 24.4. The summed E-state index contributed by atoms with van der Waals surface area (Å²) < 4.78 is 2.03. The maximum atomic E-state index is 12.7. The Kier molecular flexibility index (Phi) is 7.59. The standard InChI is InChI=1S/C24H21Cl2N5OS3/c1-2-9-31-22(17-11-33-20-6-4-3-5-15(17)20)29-30-24(31)35-13-21(32)28-23-27-19(12-34-23)16-8-7-14(25)10-18(16)26/h2,7-8,10-12H,1,3-6,9,13H2,(H,27,28,32). The zero-order valence-corrected chi connectivity index (χ0v) is 22.6. The third-order valence-corrected chi connectivity index (χ3v) is 8.98. The van der Waals surface area contributed by atoms with Crippen molar-refractivity contribution in [3.8, 4) is 22.6 Å². The van der Waals surface area contributed by atoms with Gasteiger partial charge in [-0.3, -0.25) is 9.36 Å². The van der Waals surface area contributed by atoms with Gasteiger partial charge in [0.15, 0.2) is 16.1 Å². The first-order valence-corrected chi connectivity index (χ1v) is 14.5. The second kappa shape index (κ2) is 10.8. The molecule has 6 nitrogen and oxygen atoms in total. The van der Waals surface area contributed by atoms with Crippen LogP contribution in [0.3, 0.4) is 0 Å². The Morgan fingerprint density at radius 1 is 1.17 bits per heavy atom. The molecule has 1 aliphatic carbocycles. The molecule has 0 saturated heterocycles. The first kappa shape index (κ1) is 24.5. The number of anilines is 1. The summed E-state index contributed by atoms with van der Waals surface area (Å²) in [4.78, 5) is 18.6. The average molecular weight is 563 g/mol. The van der Waals surface area contributed by atoms with E-state index in [4.69, 9.17) is 23.2 Å². The van der Waals surface area contributed by atoms with Crippen LogP contribution in [0.15, 0.2) is 46.8 Å². The first-order chi connectivity index (χ1) is 17.0. The molecule has 0 unspecified atom stereocenters. The molecule has 5 rings (SSSR count). The molecule has 0 radical (unpaired) electrons. The molecule has 3 aromatic heterocycles. The van der Waals surface area contributed by atoms with Crippen molar-refractivity contribution < 1.29 is 4.79 Å². The van der Waals surface area contributed by atoms with Gasteiger partial charge >= 0.3 is 0 Å². The lowest BCUT2D eigenvalue weighted by Gasteiger charge is -2.13. The third kappa shape index (κ3) is 5.34. The molecule has 1 amide bonds. The molecule has 0 fully saturated rings. The second-order valence-electron chi connectivity index (χ2n) is 7.96. The number of hydrogen-bond donors (Lipinski definition) is 1. The summed E-state index contributed by atoms with van der Waals surface area (Å²) in [5.41, 5.74) is 4.01. The Labute approximate surface area is 225 Å². The number of amides is 1. The summed E-state index contributed by atoms with van der Waals surface area (Å²) in [7, 11) is 0. The number of nitrogens with zero attached hydrogens (tertiary/aromatic N) is 4. The Balaban J connectivity index is 1.27. The number of thiazole rings is 1. The van der Waals surface area contributed by atoms with Crippen LogP contribution < -0.4 is 5.32 Å². The fourth-order valence-electron chi connectivity index (χ4n) is 4.01. The number of allylic oxidation sites excluding steroid dienone is 1. The highest BCUT2D eigenvalue weighted by atomic mass is 35.5. The highest BCUT2D eigenvalue weighted by molar-refractivity contribution is 7.99. The minimum atomic E-state index is -0.166. The lowest BCUT2D eigenvalue weighted by molar-refractivity contribution is -0.113. The summed E-state index contributed by atoms with van der Waals surface area (Å²) in [5, 5.41) is 18.1. The van der Waals surface area contributed by atoms with Crippen LogP contribution in [0.1, 0.15) is 23.3 Å². The summed E-state index contributed by atoms with van der Waals surface area (Å²) in [5.74, 6) is 0.866. The molecule has 0 spiro atoms. The van der Waals surface area contributed by atoms with E-state index in [1.54, 1.807) is 23.5 Å². The van der Waals surface area contributed by atoms with Crippen molar-refractivity contribution in [1.82, 2.24) is 19.7 Å². The molecule has 180 valence electrons. The highest BCUT2D eigenvalue weighted by Gasteiger charge is 2.22. The van der Waals surface area contributed by atoms with Crippen molar-refractivity contribution in [3.63, 3.8) is 0 Å². The minimum Gasteiger partial charge on any atom is -0.301 e. The summed E-state index contributed by atoms with van der Waals surface area (Å²) >= 11 is 16.8. The van der Waals surface area contributed by atoms with Crippen molar-refractivity contribution in [3.05, 3.63) is 62.1 Å². The van der Waals surface area contributed by atoms with E-state index in [-0.39, 0.29) is 11.7 Å². The molecule has 1 aliphatic rings. The van der Waals surface area contributed by atoms with Gasteiger partial charge in [-0.25, -0.2) is 4.98 Å². The molecule has 4 aromatic rings. The van der Waals surface area contributed by atoms with Gasteiger partial charge in [-0.2, -0.15) is 0 Å². The van der Waals surface area contributed by atoms with Gasteiger partial charge in [-0.15, -0.1) is 39.4 Å². The molecule has 3 heterocycles. The minimum absolute atomic E-state index is 0.166. The van der Waals surface area contributed by atoms with E-state index in [0.717, 1.165) is 29.8 Å². The van der Waals surface area contributed by atoms with Gasteiger partial charge in [-0.1, -0.05) is 41.0 Å². The number of hydrogen-bond acceptors (Lipinski definition) is 7. The summed E-state index contributed by atoms with van der Waals surface area (Å²) in [6.07, 6.45) is 6.50. The van der Waals surface area contributed by atoms with Gasteiger partial charge < -0.3 is 5.32 Å². The number of halogens is 2. The number of benzene rings is 1. The van der Waals surface area contributed by atoms with Crippen molar-refractivity contribution in [1.29, 1.82) is 0 Å². The predicted octanol–water partition coefficient (Wildman–Crippen LogP) is 7.23. The van der Waals surface area contributed by atoms with Gasteiger partial charge in [0.2, 0.25) is 5.91 Å². The number of fused-ring (bicyclic) bond motifs is 1. The Bertz CT molecular complexity index is 1390. The fourth-order valence-corrected chi connectivity index (χ4v) is 7.11. The highest BCUT2D eigenvalue weighted by Crippen LogP contribution is 2.37. The van der Waals surface area contributed by atoms with Crippen LogP contribution >= 0.6 is 57.6 Å². The monoisotopic (exact) mass is 561 g/mol. The van der Waals surface area contributed by atoms with Gasteiger partial charge in [-0.05, 0) is 49.4 Å². The number of rotatable bonds is 8. The van der Waals surface area contributed by atoms with E-state index in [2.05, 4.69) is 32.5 Å². The van der Waals surface area contributed by atoms with Crippen molar-refractivity contribution >= 4 is 68.7 Å². The van der Waals surface area contributed by atoms with E-state index in [9.17, 15) is 4.79 Å². The zero-order valence-electron chi connectivity index (χ0n) is 18.6. The number of aryl methyl sites for hydroxylation is 1. The molecule has 0 bridgehead atoms. The molecule has 0 atom stereocenters. The molecule has 0 saturated carbocycles. The summed E-state index contributed by atoms with van der Waals surface area (Å²) in [6.45, 7) is 4.47. The van der Waals surface area contributed by atoms with Crippen LogP contribution in [-0.2, 0) is 24.2 Å². The van der Waals surface area contributed by atoms with Crippen molar-refractivity contribution in [2.45, 2.75) is 37.4 Å². The molecule has 1 aromatic carbocycles. The molecular formula is C24H21Cl2N5OS3. The number of carbonyl (C=O) groups is 1. The largest absolute Gasteiger partial charge is 0.301 e. The maximum absolute atomic E-state index is 12.7. The normalized spacial score (nSPS) is 13.0. The van der Waals surface area contributed by atoms with Crippen molar-refractivity contribution in [2.75, 3.05) is 11.1 Å². The second-order valence-corrected chi connectivity index (χ2v) is 11.6. The van der Waals surface area contributed by atoms with Gasteiger partial charge in [0.05, 0.1) is 16.5 Å². The quantitative estimate of drug-likeness (QED) is 0.181. The van der Waals surface area contributed by atoms with E-state index in [1.165, 1.54) is 46.4 Å². The molecule has 1 N–H and O–H groups in total. The predicted molar refractivity (Wildman–Crippen MR) is 147 cm³/mol. The third-order valence-electron chi connectivity index (χ3n) is 5.62. The van der Waals surface area contributed by atoms with Crippen LogP contribution in [0.25, 0.3) is 22.6 Å². The Hall–Kier alpha value is -2.17. The average Bonchev–Trinajstić information content (AvgIpc) is 3.57. The van der Waals surface area contributed by atoms with Gasteiger partial charge in [0.1, 0.15) is 0 Å². The molecule has 35 heavy (non-hydrogen) atoms. The smallest absolute Gasteiger partial charge is 0.236 e. The van der Waals surface area contributed by atoms with Gasteiger partial charge in [0, 0.05) is 38.3 Å². The Morgan fingerprint density at radius 2 is 2.03 bits per heavy atom. The number of thiophene rings is 1. The first-order valence-electron chi connectivity index (χ1n) is 11.0. The van der Waals surface area contributed by atoms with Crippen molar-refractivity contribution in [2.24, 2.45) is 0 Å². The fraction of sp³-hybridized carbons (Fsp3) is 0.250. The lowest BCUT2D eigenvalue weighted by atomic mass is 9.95. The molecule has 11 heteroatoms. The van der Waals surface area contributed by atoms with E-state index < -0.39 is 0 Å². The SMILES string of the molecule is C=CCn1c(SCC(=O)Nc2nc(-c3ccc(Cl)cc3Cl)cs2)nnc1-c1csc2c1CCCC2. The number of carbonyl (C=O) groups excluding carboxylic acids is 1. The topological polar surface area (TPSA) is 72.7 Å². The molecular weight excluding hydrogens is 541 g/mol. The van der Waals surface area contributed by atoms with Crippen LogP contribution in [0, 0.1) is 0 Å². The van der Waals surface area contributed by atoms with Gasteiger partial charge in [0.25, 0.3) is 0 Å². The van der Waals surface area contributed by atoms with E-state index in [0.29, 0.717) is 32.6 Å². The van der Waals surface area contributed by atoms with E-state index in [1.807, 2.05) is 22.1 Å². The van der Waals surface area contributed by atoms with Crippen LogP contribution in [0.2, 0.25) is 10.0 Å². The van der Waals surface area contributed by atoms with Crippen LogP contribution in [-0.4, -0.2) is 31.4 Å².